The molecule has 0 fully saturated rings. The second kappa shape index (κ2) is 8.74. The minimum atomic E-state index is -0.948. The predicted molar refractivity (Wildman–Crippen MR) is 126 cm³/mol. The van der Waals surface area contributed by atoms with Gasteiger partial charge in [-0.2, -0.15) is 0 Å². The van der Waals surface area contributed by atoms with Gasteiger partial charge in [0.05, 0.1) is 0 Å². The van der Waals surface area contributed by atoms with E-state index in [1.165, 1.54) is 6.07 Å². The van der Waals surface area contributed by atoms with Crippen LogP contribution < -0.4 is 15.8 Å². The first-order chi connectivity index (χ1) is 16.1. The van der Waals surface area contributed by atoms with E-state index in [1.54, 1.807) is 41.3 Å². The average molecular weight is 438 g/mol. The fourth-order valence-corrected chi connectivity index (χ4v) is 4.28. The van der Waals surface area contributed by atoms with Crippen LogP contribution in [0.3, 0.4) is 0 Å². The maximum atomic E-state index is 13.7. The van der Waals surface area contributed by atoms with Crippen molar-refractivity contribution in [3.63, 3.8) is 0 Å². The third-order valence-corrected chi connectivity index (χ3v) is 5.92. The van der Waals surface area contributed by atoms with Gasteiger partial charge < -0.3 is 14.6 Å². The number of hydrogen-bond acceptors (Lipinski definition) is 4. The van der Waals surface area contributed by atoms with Gasteiger partial charge >= 0.3 is 5.63 Å². The van der Waals surface area contributed by atoms with E-state index in [0.717, 1.165) is 24.1 Å². The molecule has 2 amide bonds. The van der Waals surface area contributed by atoms with Crippen LogP contribution in [0.25, 0.3) is 11.0 Å². The third-order valence-electron chi connectivity index (χ3n) is 5.92. The molecule has 1 aromatic heterocycles. The highest BCUT2D eigenvalue weighted by Crippen LogP contribution is 2.29. The number of nitrogens with zero attached hydrogens (tertiary/aromatic N) is 1. The summed E-state index contributed by atoms with van der Waals surface area (Å²) in [6.45, 7) is 0.563. The lowest BCUT2D eigenvalue weighted by molar-refractivity contribution is -0.120. The van der Waals surface area contributed by atoms with Crippen molar-refractivity contribution in [2.75, 3.05) is 11.4 Å². The maximum Gasteiger partial charge on any atom is 0.349 e. The highest BCUT2D eigenvalue weighted by molar-refractivity contribution is 6.04. The lowest BCUT2D eigenvalue weighted by Gasteiger charge is -2.32. The van der Waals surface area contributed by atoms with E-state index < -0.39 is 17.6 Å². The second-order valence-corrected chi connectivity index (χ2v) is 8.02. The van der Waals surface area contributed by atoms with Gasteiger partial charge in [0.15, 0.2) is 0 Å². The summed E-state index contributed by atoms with van der Waals surface area (Å²) < 4.78 is 5.31. The monoisotopic (exact) mass is 438 g/mol. The zero-order valence-electron chi connectivity index (χ0n) is 17.9. The van der Waals surface area contributed by atoms with Crippen LogP contribution >= 0.6 is 0 Å². The fraction of sp³-hybridized carbons (Fsp3) is 0.148. The van der Waals surface area contributed by atoms with Crippen LogP contribution in [0.5, 0.6) is 0 Å². The van der Waals surface area contributed by atoms with Crippen LogP contribution in [-0.2, 0) is 11.2 Å². The van der Waals surface area contributed by atoms with Crippen molar-refractivity contribution in [1.82, 2.24) is 5.32 Å². The Morgan fingerprint density at radius 2 is 1.64 bits per heavy atom. The first kappa shape index (κ1) is 20.7. The number of anilines is 1. The van der Waals surface area contributed by atoms with Gasteiger partial charge in [-0.05, 0) is 42.2 Å². The molecule has 4 aromatic rings. The van der Waals surface area contributed by atoms with Crippen molar-refractivity contribution in [3.8, 4) is 0 Å². The van der Waals surface area contributed by atoms with E-state index in [1.807, 2.05) is 42.5 Å². The van der Waals surface area contributed by atoms with Crippen LogP contribution in [0.15, 0.2) is 94.1 Å². The number of para-hydroxylation sites is 2. The van der Waals surface area contributed by atoms with Gasteiger partial charge in [0, 0.05) is 17.6 Å². The molecular formula is C27H22N2O4. The molecule has 2 heterocycles. The molecule has 0 spiro atoms. The highest BCUT2D eigenvalue weighted by Gasteiger charge is 2.31. The van der Waals surface area contributed by atoms with Crippen molar-refractivity contribution in [2.24, 2.45) is 0 Å². The first-order valence-corrected chi connectivity index (χ1v) is 10.9. The van der Waals surface area contributed by atoms with E-state index in [4.69, 9.17) is 4.42 Å². The fourth-order valence-electron chi connectivity index (χ4n) is 4.28. The Morgan fingerprint density at radius 1 is 0.909 bits per heavy atom. The number of carbonyl (C=O) groups excluding carboxylic acids is 2. The summed E-state index contributed by atoms with van der Waals surface area (Å²) >= 11 is 0. The summed E-state index contributed by atoms with van der Waals surface area (Å²) in [6.07, 6.45) is 1.74. The number of nitrogens with one attached hydrogen (secondary N) is 1. The molecule has 33 heavy (non-hydrogen) atoms. The molecule has 6 nitrogen and oxygen atoms in total. The summed E-state index contributed by atoms with van der Waals surface area (Å²) in [5.41, 5.74) is 2.12. The molecule has 1 atom stereocenters. The van der Waals surface area contributed by atoms with Crippen LogP contribution in [0.2, 0.25) is 0 Å². The van der Waals surface area contributed by atoms with E-state index >= 15 is 0 Å². The van der Waals surface area contributed by atoms with Gasteiger partial charge in [-0.3, -0.25) is 9.59 Å². The second-order valence-electron chi connectivity index (χ2n) is 8.02. The summed E-state index contributed by atoms with van der Waals surface area (Å²) in [5, 5.41) is 3.43. The van der Waals surface area contributed by atoms with Gasteiger partial charge in [-0.25, -0.2) is 4.79 Å². The zero-order valence-corrected chi connectivity index (χ0v) is 17.9. The Hall–Kier alpha value is -4.19. The highest BCUT2D eigenvalue weighted by atomic mass is 16.4. The average Bonchev–Trinajstić information content (AvgIpc) is 2.86. The van der Waals surface area contributed by atoms with Gasteiger partial charge in [-0.15, -0.1) is 0 Å². The normalized spacial score (nSPS) is 13.9. The van der Waals surface area contributed by atoms with Crippen LogP contribution in [0.1, 0.15) is 33.9 Å². The van der Waals surface area contributed by atoms with E-state index in [2.05, 4.69) is 5.32 Å². The smallest absolute Gasteiger partial charge is 0.349 e. The predicted octanol–water partition coefficient (Wildman–Crippen LogP) is 4.24. The molecule has 1 N–H and O–H groups in total. The van der Waals surface area contributed by atoms with Crippen LogP contribution in [0.4, 0.5) is 5.69 Å². The SMILES string of the molecule is O=C(N[C@H](C(=O)N1CCCc2ccccc21)c1ccccc1)c1cc2ccccc2oc1=O. The lowest BCUT2D eigenvalue weighted by Crippen LogP contribution is -2.45. The summed E-state index contributed by atoms with van der Waals surface area (Å²) in [6, 6.07) is 24.4. The number of amides is 2. The Labute approximate surface area is 190 Å². The molecule has 1 aliphatic rings. The van der Waals surface area contributed by atoms with E-state index in [0.29, 0.717) is 23.1 Å². The minimum absolute atomic E-state index is 0.138. The molecule has 0 bridgehead atoms. The Kier molecular flexibility index (Phi) is 5.48. The standard InChI is InChI=1S/C27H22N2O4/c30-25(21-17-20-12-5-7-15-23(20)33-27(21)32)28-24(19-10-2-1-3-11-19)26(31)29-16-8-13-18-9-4-6-14-22(18)29/h1-7,9-12,14-15,17,24H,8,13,16H2,(H,28,30)/t24-/m0/s1. The number of hydrogen-bond donors (Lipinski definition) is 1. The maximum absolute atomic E-state index is 13.7. The van der Waals surface area contributed by atoms with Crippen molar-refractivity contribution in [2.45, 2.75) is 18.9 Å². The number of aryl methyl sites for hydroxylation is 1. The molecule has 1 aliphatic heterocycles. The Morgan fingerprint density at radius 3 is 2.48 bits per heavy atom. The van der Waals surface area contributed by atoms with Gasteiger partial charge in [-0.1, -0.05) is 66.7 Å². The largest absolute Gasteiger partial charge is 0.422 e. The number of fused-ring (bicyclic) bond motifs is 2. The van der Waals surface area contributed by atoms with Crippen molar-refractivity contribution >= 4 is 28.5 Å². The number of benzene rings is 3. The van der Waals surface area contributed by atoms with Gasteiger partial charge in [0.1, 0.15) is 17.2 Å². The molecule has 0 saturated carbocycles. The van der Waals surface area contributed by atoms with E-state index in [9.17, 15) is 14.4 Å². The molecule has 0 aliphatic carbocycles. The third kappa shape index (κ3) is 4.03. The number of carbonyl (C=O) groups is 2. The van der Waals surface area contributed by atoms with Gasteiger partial charge in [0.2, 0.25) is 0 Å². The van der Waals surface area contributed by atoms with Crippen LogP contribution in [0, 0.1) is 0 Å². The minimum Gasteiger partial charge on any atom is -0.422 e. The molecule has 0 saturated heterocycles. The molecule has 5 rings (SSSR count). The molecular weight excluding hydrogens is 416 g/mol. The van der Waals surface area contributed by atoms with Gasteiger partial charge in [0.25, 0.3) is 11.8 Å². The van der Waals surface area contributed by atoms with Crippen molar-refractivity contribution in [3.05, 3.63) is 112 Å². The summed E-state index contributed by atoms with van der Waals surface area (Å²) in [4.78, 5) is 41.1. The van der Waals surface area contributed by atoms with Crippen LogP contribution in [-0.4, -0.2) is 18.4 Å². The van der Waals surface area contributed by atoms with E-state index in [-0.39, 0.29) is 11.5 Å². The van der Waals surface area contributed by atoms with Crippen molar-refractivity contribution < 1.29 is 14.0 Å². The molecule has 0 radical (unpaired) electrons. The summed E-state index contributed by atoms with van der Waals surface area (Å²) in [5.74, 6) is -0.895. The number of rotatable bonds is 4. The van der Waals surface area contributed by atoms with Crippen molar-refractivity contribution in [1.29, 1.82) is 0 Å². The quantitative estimate of drug-likeness (QED) is 0.483. The molecule has 6 heteroatoms. The molecule has 164 valence electrons. The Bertz CT molecular complexity index is 1390. The summed E-state index contributed by atoms with van der Waals surface area (Å²) in [7, 11) is 0. The Balaban J connectivity index is 1.51. The zero-order chi connectivity index (χ0) is 22.8. The lowest BCUT2D eigenvalue weighted by atomic mass is 9.99. The molecule has 0 unspecified atom stereocenters. The molecule has 3 aromatic carbocycles. The topological polar surface area (TPSA) is 79.6 Å². The first-order valence-electron chi connectivity index (χ1n) is 10.9.